The Morgan fingerprint density at radius 3 is 2.71 bits per heavy atom. The van der Waals surface area contributed by atoms with Gasteiger partial charge in [-0.2, -0.15) is 0 Å². The van der Waals surface area contributed by atoms with Crippen LogP contribution in [0.5, 0.6) is 0 Å². The maximum Gasteiger partial charge on any atom is 0.295 e. The highest BCUT2D eigenvalue weighted by atomic mass is 16.5. The molecule has 78 valence electrons. The molecule has 0 saturated carbocycles. The van der Waals surface area contributed by atoms with Crippen molar-refractivity contribution in [3.8, 4) is 12.3 Å². The molecule has 0 spiro atoms. The highest BCUT2D eigenvalue weighted by molar-refractivity contribution is 5.93. The second-order valence-corrected chi connectivity index (χ2v) is 3.69. The second-order valence-electron chi connectivity index (χ2n) is 3.69. The Hall–Kier alpha value is -1.05. The van der Waals surface area contributed by atoms with Gasteiger partial charge in [-0.3, -0.25) is 4.79 Å². The Balaban J connectivity index is 2.43. The summed E-state index contributed by atoms with van der Waals surface area (Å²) in [6.07, 6.45) is 4.97. The fourth-order valence-electron chi connectivity index (χ4n) is 1.50. The minimum atomic E-state index is -0.379. The Bertz CT molecular complexity index is 245. The lowest BCUT2D eigenvalue weighted by Crippen LogP contribution is -2.50. The third-order valence-corrected chi connectivity index (χ3v) is 2.08. The zero-order valence-corrected chi connectivity index (χ0v) is 8.54. The van der Waals surface area contributed by atoms with Crippen molar-refractivity contribution in [2.24, 2.45) is 0 Å². The lowest BCUT2D eigenvalue weighted by molar-refractivity contribution is -0.116. The van der Waals surface area contributed by atoms with E-state index in [1.54, 1.807) is 0 Å². The number of carbonyl (C=O) groups is 1. The van der Waals surface area contributed by atoms with Crippen molar-refractivity contribution < 1.29 is 9.53 Å². The predicted molar refractivity (Wildman–Crippen MR) is 53.6 cm³/mol. The number of amides is 1. The van der Waals surface area contributed by atoms with Gasteiger partial charge in [-0.1, -0.05) is 13.8 Å². The molecule has 0 aliphatic carbocycles. The summed E-state index contributed by atoms with van der Waals surface area (Å²) in [6, 6.07) is 0.514. The molecule has 0 aromatic carbocycles. The van der Waals surface area contributed by atoms with Crippen LogP contribution in [-0.4, -0.2) is 37.2 Å². The average Bonchev–Trinajstić information content (AvgIpc) is 2.52. The standard InChI is InChI=1S/C10H16N2O2/c1-4-10(13)12-9-6-14-5-8(9)11-7(2)3/h1,7-9,11H,5-6H2,2-3H3,(H,12,13)/t8-,9+/m1/s1. The Morgan fingerprint density at radius 2 is 2.14 bits per heavy atom. The van der Waals surface area contributed by atoms with E-state index in [1.807, 2.05) is 5.92 Å². The quantitative estimate of drug-likeness (QED) is 0.598. The van der Waals surface area contributed by atoms with Gasteiger partial charge in [-0.25, -0.2) is 0 Å². The molecule has 1 saturated heterocycles. The summed E-state index contributed by atoms with van der Waals surface area (Å²) >= 11 is 0. The molecule has 1 fully saturated rings. The molecular formula is C10H16N2O2. The van der Waals surface area contributed by atoms with Gasteiger partial charge in [0.2, 0.25) is 0 Å². The Labute approximate surface area is 84.4 Å². The number of rotatable bonds is 3. The maximum absolute atomic E-state index is 11.0. The molecule has 1 rings (SSSR count). The molecule has 1 amide bonds. The molecule has 1 heterocycles. The smallest absolute Gasteiger partial charge is 0.295 e. The molecule has 1 aliphatic rings. The predicted octanol–water partition coefficient (Wildman–Crippen LogP) is -0.499. The van der Waals surface area contributed by atoms with Gasteiger partial charge < -0.3 is 15.4 Å². The molecule has 4 heteroatoms. The van der Waals surface area contributed by atoms with E-state index in [9.17, 15) is 4.79 Å². The first-order valence-corrected chi connectivity index (χ1v) is 4.74. The van der Waals surface area contributed by atoms with Crippen molar-refractivity contribution in [3.05, 3.63) is 0 Å². The van der Waals surface area contributed by atoms with Crippen molar-refractivity contribution >= 4 is 5.91 Å². The molecular weight excluding hydrogens is 180 g/mol. The number of nitrogens with one attached hydrogen (secondary N) is 2. The van der Waals surface area contributed by atoms with Crippen LogP contribution < -0.4 is 10.6 Å². The number of terminal acetylenes is 1. The number of ether oxygens (including phenoxy) is 1. The van der Waals surface area contributed by atoms with Crippen LogP contribution in [0.3, 0.4) is 0 Å². The molecule has 1 aliphatic heterocycles. The van der Waals surface area contributed by atoms with Crippen LogP contribution in [0.15, 0.2) is 0 Å². The third kappa shape index (κ3) is 3.02. The molecule has 0 unspecified atom stereocenters. The summed E-state index contributed by atoms with van der Waals surface area (Å²) in [7, 11) is 0. The summed E-state index contributed by atoms with van der Waals surface area (Å²) in [6.45, 7) is 5.25. The van der Waals surface area contributed by atoms with E-state index in [1.165, 1.54) is 0 Å². The average molecular weight is 196 g/mol. The van der Waals surface area contributed by atoms with E-state index < -0.39 is 0 Å². The maximum atomic E-state index is 11.0. The highest BCUT2D eigenvalue weighted by Crippen LogP contribution is 2.06. The van der Waals surface area contributed by atoms with E-state index in [4.69, 9.17) is 11.2 Å². The zero-order chi connectivity index (χ0) is 10.6. The van der Waals surface area contributed by atoms with Gasteiger partial charge in [0.15, 0.2) is 0 Å². The van der Waals surface area contributed by atoms with Crippen LogP contribution in [0.25, 0.3) is 0 Å². The van der Waals surface area contributed by atoms with Gasteiger partial charge in [0, 0.05) is 6.04 Å². The fourth-order valence-corrected chi connectivity index (χ4v) is 1.50. The van der Waals surface area contributed by atoms with Gasteiger partial charge in [-0.15, -0.1) is 6.42 Å². The summed E-state index contributed by atoms with van der Waals surface area (Å²) in [4.78, 5) is 11.0. The number of hydrogen-bond donors (Lipinski definition) is 2. The molecule has 0 aromatic rings. The van der Waals surface area contributed by atoms with E-state index >= 15 is 0 Å². The lowest BCUT2D eigenvalue weighted by Gasteiger charge is -2.21. The van der Waals surface area contributed by atoms with Gasteiger partial charge in [0.1, 0.15) is 0 Å². The van der Waals surface area contributed by atoms with Crippen LogP contribution in [0.1, 0.15) is 13.8 Å². The molecule has 2 N–H and O–H groups in total. The minimum Gasteiger partial charge on any atom is -0.378 e. The van der Waals surface area contributed by atoms with Crippen LogP contribution in [0, 0.1) is 12.3 Å². The topological polar surface area (TPSA) is 50.4 Å². The van der Waals surface area contributed by atoms with E-state index in [2.05, 4.69) is 24.5 Å². The van der Waals surface area contributed by atoms with Crippen LogP contribution in [-0.2, 0) is 9.53 Å². The van der Waals surface area contributed by atoms with Crippen molar-refractivity contribution in [3.63, 3.8) is 0 Å². The summed E-state index contributed by atoms with van der Waals surface area (Å²) in [5.74, 6) is 1.65. The lowest BCUT2D eigenvalue weighted by atomic mass is 10.1. The molecule has 0 bridgehead atoms. The van der Waals surface area contributed by atoms with E-state index in [-0.39, 0.29) is 18.0 Å². The van der Waals surface area contributed by atoms with E-state index in [0.717, 1.165) is 0 Å². The molecule has 0 aromatic heterocycles. The number of hydrogen-bond acceptors (Lipinski definition) is 3. The Morgan fingerprint density at radius 1 is 1.50 bits per heavy atom. The van der Waals surface area contributed by atoms with Crippen molar-refractivity contribution in [2.75, 3.05) is 13.2 Å². The summed E-state index contributed by atoms with van der Waals surface area (Å²) in [5, 5.41) is 6.03. The van der Waals surface area contributed by atoms with Gasteiger partial charge in [0.25, 0.3) is 5.91 Å². The van der Waals surface area contributed by atoms with Crippen molar-refractivity contribution in [1.82, 2.24) is 10.6 Å². The third-order valence-electron chi connectivity index (χ3n) is 2.08. The summed E-state index contributed by atoms with van der Waals surface area (Å²) in [5.41, 5.74) is 0. The minimum absolute atomic E-state index is 0.0130. The van der Waals surface area contributed by atoms with Crippen LogP contribution in [0.2, 0.25) is 0 Å². The van der Waals surface area contributed by atoms with Crippen molar-refractivity contribution in [1.29, 1.82) is 0 Å². The SMILES string of the molecule is C#CC(=O)N[C@H]1COC[C@H]1NC(C)C. The largest absolute Gasteiger partial charge is 0.378 e. The van der Waals surface area contributed by atoms with Crippen LogP contribution in [0.4, 0.5) is 0 Å². The first-order valence-electron chi connectivity index (χ1n) is 4.74. The van der Waals surface area contributed by atoms with E-state index in [0.29, 0.717) is 19.3 Å². The second kappa shape index (κ2) is 4.99. The zero-order valence-electron chi connectivity index (χ0n) is 8.54. The van der Waals surface area contributed by atoms with Crippen molar-refractivity contribution in [2.45, 2.75) is 32.0 Å². The first kappa shape index (κ1) is 11.0. The molecule has 4 nitrogen and oxygen atoms in total. The van der Waals surface area contributed by atoms with Gasteiger partial charge >= 0.3 is 0 Å². The normalized spacial score (nSPS) is 26.1. The Kier molecular flexibility index (Phi) is 3.93. The summed E-state index contributed by atoms with van der Waals surface area (Å²) < 4.78 is 5.27. The van der Waals surface area contributed by atoms with Gasteiger partial charge in [-0.05, 0) is 5.92 Å². The molecule has 2 atom stereocenters. The molecule has 0 radical (unpaired) electrons. The monoisotopic (exact) mass is 196 g/mol. The first-order chi connectivity index (χ1) is 6.63. The number of carbonyl (C=O) groups excluding carboxylic acids is 1. The molecule has 14 heavy (non-hydrogen) atoms. The highest BCUT2D eigenvalue weighted by Gasteiger charge is 2.29. The van der Waals surface area contributed by atoms with Gasteiger partial charge in [0.05, 0.1) is 25.3 Å². The van der Waals surface area contributed by atoms with Crippen LogP contribution >= 0.6 is 0 Å². The fraction of sp³-hybridized carbons (Fsp3) is 0.700.